The Labute approximate surface area is 143 Å². The minimum atomic E-state index is -0.589. The number of carbonyl (C=O) groups excluding carboxylic acids is 2. The average Bonchev–Trinajstić information content (AvgIpc) is 2.46. The van der Waals surface area contributed by atoms with Crippen LogP contribution in [0.4, 0.5) is 0 Å². The fourth-order valence-electron chi connectivity index (χ4n) is 2.12. The quantitative estimate of drug-likeness (QED) is 0.359. The van der Waals surface area contributed by atoms with E-state index in [0.717, 1.165) is 5.56 Å². The lowest BCUT2D eigenvalue weighted by molar-refractivity contribution is -0.206. The first-order valence-corrected chi connectivity index (χ1v) is 7.91. The molecule has 0 radical (unpaired) electrons. The van der Waals surface area contributed by atoms with E-state index in [2.05, 4.69) is 11.8 Å². The van der Waals surface area contributed by atoms with Gasteiger partial charge in [0.15, 0.2) is 0 Å². The molecule has 0 fully saturated rings. The summed E-state index contributed by atoms with van der Waals surface area (Å²) in [6, 6.07) is 9.16. The van der Waals surface area contributed by atoms with E-state index in [1.165, 1.54) is 12.0 Å². The SMILES string of the molecule is CCOC(=O)C#CC(N(Cc1ccccc1)OC(C)=O)C(C)(C)C. The highest BCUT2D eigenvalue weighted by Crippen LogP contribution is 2.26. The van der Waals surface area contributed by atoms with Gasteiger partial charge < -0.3 is 9.57 Å². The first kappa shape index (κ1) is 19.7. The Hall–Kier alpha value is -2.32. The van der Waals surface area contributed by atoms with Crippen LogP contribution in [0.2, 0.25) is 0 Å². The minimum Gasteiger partial charge on any atom is -0.456 e. The van der Waals surface area contributed by atoms with Gasteiger partial charge in [0.25, 0.3) is 0 Å². The molecular formula is C19H25NO4. The van der Waals surface area contributed by atoms with Crippen molar-refractivity contribution < 1.29 is 19.2 Å². The highest BCUT2D eigenvalue weighted by atomic mass is 16.7. The van der Waals surface area contributed by atoms with Gasteiger partial charge in [0, 0.05) is 12.8 Å². The van der Waals surface area contributed by atoms with Gasteiger partial charge >= 0.3 is 11.9 Å². The summed E-state index contributed by atoms with van der Waals surface area (Å²) in [7, 11) is 0. The predicted octanol–water partition coefficient (Wildman–Crippen LogP) is 2.95. The van der Waals surface area contributed by atoms with E-state index in [1.807, 2.05) is 51.1 Å². The first-order chi connectivity index (χ1) is 11.2. The predicted molar refractivity (Wildman–Crippen MR) is 91.4 cm³/mol. The normalized spacial score (nSPS) is 12.1. The number of rotatable bonds is 5. The van der Waals surface area contributed by atoms with E-state index in [4.69, 9.17) is 9.57 Å². The summed E-state index contributed by atoms with van der Waals surface area (Å²) < 4.78 is 4.85. The molecule has 0 heterocycles. The first-order valence-electron chi connectivity index (χ1n) is 7.91. The molecule has 0 aliphatic carbocycles. The Kier molecular flexibility index (Phi) is 7.47. The molecule has 1 unspecified atom stereocenters. The van der Waals surface area contributed by atoms with Gasteiger partial charge in [0.2, 0.25) is 0 Å². The Morgan fingerprint density at radius 2 is 1.83 bits per heavy atom. The number of esters is 1. The third-order valence-electron chi connectivity index (χ3n) is 3.12. The molecule has 1 atom stereocenters. The number of benzene rings is 1. The molecule has 5 nitrogen and oxygen atoms in total. The van der Waals surface area contributed by atoms with Crippen LogP contribution >= 0.6 is 0 Å². The van der Waals surface area contributed by atoms with Gasteiger partial charge in [-0.2, -0.15) is 0 Å². The standard InChI is InChI=1S/C19H25NO4/c1-6-23-18(22)13-12-17(19(3,4)5)20(24-15(2)21)14-16-10-8-7-9-11-16/h7-11,17H,6,14H2,1-5H3. The molecule has 0 spiro atoms. The smallest absolute Gasteiger partial charge is 0.384 e. The van der Waals surface area contributed by atoms with Crippen molar-refractivity contribution in [3.05, 3.63) is 35.9 Å². The van der Waals surface area contributed by atoms with Crippen LogP contribution < -0.4 is 0 Å². The summed E-state index contributed by atoms with van der Waals surface area (Å²) in [5, 5.41) is 1.52. The van der Waals surface area contributed by atoms with Crippen molar-refractivity contribution in [2.24, 2.45) is 5.41 Å². The zero-order chi connectivity index (χ0) is 18.2. The number of carbonyl (C=O) groups is 2. The van der Waals surface area contributed by atoms with E-state index in [0.29, 0.717) is 6.54 Å². The van der Waals surface area contributed by atoms with Crippen LogP contribution in [0, 0.1) is 17.3 Å². The number of nitrogens with zero attached hydrogens (tertiary/aromatic N) is 1. The summed E-state index contributed by atoms with van der Waals surface area (Å²) in [4.78, 5) is 28.4. The molecule has 0 aromatic heterocycles. The van der Waals surface area contributed by atoms with Gasteiger partial charge in [-0.1, -0.05) is 57.0 Å². The highest BCUT2D eigenvalue weighted by molar-refractivity contribution is 5.88. The lowest BCUT2D eigenvalue weighted by Crippen LogP contribution is -2.43. The summed E-state index contributed by atoms with van der Waals surface area (Å²) >= 11 is 0. The van der Waals surface area contributed by atoms with Gasteiger partial charge in [0.1, 0.15) is 6.04 Å². The largest absolute Gasteiger partial charge is 0.456 e. The molecule has 0 amide bonds. The van der Waals surface area contributed by atoms with Crippen molar-refractivity contribution in [3.63, 3.8) is 0 Å². The van der Waals surface area contributed by atoms with Gasteiger partial charge in [-0.05, 0) is 17.9 Å². The second-order valence-electron chi connectivity index (χ2n) is 6.40. The molecule has 1 aromatic rings. The lowest BCUT2D eigenvalue weighted by atomic mass is 9.86. The van der Waals surface area contributed by atoms with E-state index in [9.17, 15) is 9.59 Å². The summed E-state index contributed by atoms with van der Waals surface area (Å²) in [5.41, 5.74) is 0.634. The van der Waals surface area contributed by atoms with Crippen LogP contribution in [0.3, 0.4) is 0 Å². The molecule has 5 heteroatoms. The van der Waals surface area contributed by atoms with Gasteiger partial charge in [-0.15, -0.1) is 5.06 Å². The second kappa shape index (κ2) is 9.09. The van der Waals surface area contributed by atoms with Crippen LogP contribution in [-0.2, 0) is 25.7 Å². The van der Waals surface area contributed by atoms with Crippen LogP contribution in [0.25, 0.3) is 0 Å². The molecule has 1 aromatic carbocycles. The topological polar surface area (TPSA) is 55.8 Å². The van der Waals surface area contributed by atoms with Crippen molar-refractivity contribution in [3.8, 4) is 11.8 Å². The van der Waals surface area contributed by atoms with Crippen molar-refractivity contribution in [2.45, 2.75) is 47.2 Å². The van der Waals surface area contributed by atoms with Crippen molar-refractivity contribution in [2.75, 3.05) is 6.61 Å². The Morgan fingerprint density at radius 1 is 1.21 bits per heavy atom. The minimum absolute atomic E-state index is 0.269. The van der Waals surface area contributed by atoms with Crippen molar-refractivity contribution in [1.29, 1.82) is 0 Å². The molecule has 0 bridgehead atoms. The second-order valence-corrected chi connectivity index (χ2v) is 6.40. The molecule has 0 aliphatic rings. The molecular weight excluding hydrogens is 306 g/mol. The monoisotopic (exact) mass is 331 g/mol. The zero-order valence-electron chi connectivity index (χ0n) is 15.0. The maximum absolute atomic E-state index is 11.6. The number of hydrogen-bond acceptors (Lipinski definition) is 5. The molecule has 130 valence electrons. The van der Waals surface area contributed by atoms with Crippen molar-refractivity contribution >= 4 is 11.9 Å². The highest BCUT2D eigenvalue weighted by Gasteiger charge is 2.31. The Bertz CT molecular complexity index is 608. The third-order valence-corrected chi connectivity index (χ3v) is 3.12. The maximum Gasteiger partial charge on any atom is 0.384 e. The van der Waals surface area contributed by atoms with Gasteiger partial charge in [-0.3, -0.25) is 4.79 Å². The summed E-state index contributed by atoms with van der Waals surface area (Å²) in [6.07, 6.45) is 0. The van der Waals surface area contributed by atoms with E-state index in [1.54, 1.807) is 6.92 Å². The van der Waals surface area contributed by atoms with Gasteiger partial charge in [-0.25, -0.2) is 4.79 Å². The van der Waals surface area contributed by atoms with Crippen molar-refractivity contribution in [1.82, 2.24) is 5.06 Å². The van der Waals surface area contributed by atoms with Gasteiger partial charge in [0.05, 0.1) is 13.2 Å². The molecule has 0 aliphatic heterocycles. The Morgan fingerprint density at radius 3 is 2.33 bits per heavy atom. The zero-order valence-corrected chi connectivity index (χ0v) is 15.0. The number of hydroxylamine groups is 2. The third kappa shape index (κ3) is 6.84. The Balaban J connectivity index is 3.10. The fourth-order valence-corrected chi connectivity index (χ4v) is 2.12. The van der Waals surface area contributed by atoms with Crippen LogP contribution in [0.5, 0.6) is 0 Å². The fraction of sp³-hybridized carbons (Fsp3) is 0.474. The summed E-state index contributed by atoms with van der Waals surface area (Å²) in [6.45, 7) is 9.63. The van der Waals surface area contributed by atoms with Crippen LogP contribution in [0.1, 0.15) is 40.2 Å². The van der Waals surface area contributed by atoms with Crippen LogP contribution in [0.15, 0.2) is 30.3 Å². The number of hydrogen-bond donors (Lipinski definition) is 0. The molecule has 0 saturated heterocycles. The molecule has 1 rings (SSSR count). The van der Waals surface area contributed by atoms with E-state index < -0.39 is 18.0 Å². The van der Waals surface area contributed by atoms with Crippen LogP contribution in [-0.4, -0.2) is 29.7 Å². The number of ether oxygens (including phenoxy) is 1. The molecule has 0 saturated carbocycles. The van der Waals surface area contributed by atoms with E-state index in [-0.39, 0.29) is 12.0 Å². The average molecular weight is 331 g/mol. The lowest BCUT2D eigenvalue weighted by Gasteiger charge is -2.34. The molecule has 24 heavy (non-hydrogen) atoms. The van der Waals surface area contributed by atoms with E-state index >= 15 is 0 Å². The molecule has 0 N–H and O–H groups in total. The maximum atomic E-state index is 11.6. The summed E-state index contributed by atoms with van der Waals surface area (Å²) in [5.74, 6) is 4.36.